The monoisotopic (exact) mass is 456 g/mol. The second-order valence-corrected chi connectivity index (χ2v) is 10.4. The summed E-state index contributed by atoms with van der Waals surface area (Å²) in [4.78, 5) is 0. The Morgan fingerprint density at radius 2 is 0.971 bits per heavy atom. The lowest BCUT2D eigenvalue weighted by atomic mass is 10.1. The third-order valence-electron chi connectivity index (χ3n) is 4.97. The highest BCUT2D eigenvalue weighted by atomic mass is 16.5. The Morgan fingerprint density at radius 1 is 0.588 bits per heavy atom. The van der Waals surface area contributed by atoms with Gasteiger partial charge in [0, 0.05) is 24.3 Å². The number of benzene rings is 2. The van der Waals surface area contributed by atoms with Gasteiger partial charge in [-0.3, -0.25) is 0 Å². The van der Waals surface area contributed by atoms with Crippen molar-refractivity contribution in [1.29, 1.82) is 0 Å². The lowest BCUT2D eigenvalue weighted by Gasteiger charge is -2.21. The van der Waals surface area contributed by atoms with Crippen LogP contribution < -0.4 is 14.0 Å². The molecule has 0 aliphatic carbocycles. The maximum Gasteiger partial charge on any atom is 0.205 e. The summed E-state index contributed by atoms with van der Waals surface area (Å²) in [5.74, 6) is 1.77. The third-order valence-corrected chi connectivity index (χ3v) is 4.97. The largest absolute Gasteiger partial charge is 0.488 e. The maximum absolute atomic E-state index is 5.92. The Hall–Kier alpha value is -3.33. The van der Waals surface area contributed by atoms with E-state index in [0.29, 0.717) is 0 Å². The molecule has 0 saturated carbocycles. The molecule has 0 aliphatic rings. The van der Waals surface area contributed by atoms with Crippen molar-refractivity contribution in [3.63, 3.8) is 0 Å². The Labute approximate surface area is 205 Å². The predicted octanol–water partition coefficient (Wildman–Crippen LogP) is 7.69. The molecule has 0 N–H and O–H groups in total. The quantitative estimate of drug-likeness (QED) is 0.340. The molecule has 1 aromatic heterocycles. The molecule has 3 nitrogen and oxygen atoms in total. The first-order valence-electron chi connectivity index (χ1n) is 12.0. The van der Waals surface area contributed by atoms with Gasteiger partial charge in [0.15, 0.2) is 0 Å². The number of ether oxygens (including phenoxy) is 2. The van der Waals surface area contributed by atoms with Gasteiger partial charge >= 0.3 is 0 Å². The van der Waals surface area contributed by atoms with E-state index in [1.165, 1.54) is 0 Å². The summed E-state index contributed by atoms with van der Waals surface area (Å²) in [5, 5.41) is 0. The number of rotatable bonds is 7. The van der Waals surface area contributed by atoms with Crippen LogP contribution in [0.25, 0.3) is 24.3 Å². The summed E-state index contributed by atoms with van der Waals surface area (Å²) < 4.78 is 14.1. The first-order valence-corrected chi connectivity index (χ1v) is 12.0. The number of hydrogen-bond acceptors (Lipinski definition) is 2. The minimum Gasteiger partial charge on any atom is -0.488 e. The van der Waals surface area contributed by atoms with Crippen LogP contribution in [-0.4, -0.2) is 11.2 Å². The molecule has 0 aliphatic heterocycles. The Bertz CT molecular complexity index is 1040. The highest BCUT2D eigenvalue weighted by molar-refractivity contribution is 5.69. The molecular formula is C31H38NO2+. The van der Waals surface area contributed by atoms with Crippen molar-refractivity contribution < 1.29 is 14.0 Å². The van der Waals surface area contributed by atoms with Crippen LogP contribution in [0.15, 0.2) is 66.7 Å². The van der Waals surface area contributed by atoms with Crippen LogP contribution in [-0.2, 0) is 6.54 Å². The summed E-state index contributed by atoms with van der Waals surface area (Å²) in [6.45, 7) is 15.4. The third kappa shape index (κ3) is 7.91. The zero-order valence-corrected chi connectivity index (χ0v) is 21.6. The molecule has 0 radical (unpaired) electrons. The van der Waals surface area contributed by atoms with Gasteiger partial charge in [-0.1, -0.05) is 24.3 Å². The lowest BCUT2D eigenvalue weighted by Crippen LogP contribution is -2.38. The molecule has 0 bridgehead atoms. The van der Waals surface area contributed by atoms with E-state index >= 15 is 0 Å². The fourth-order valence-electron chi connectivity index (χ4n) is 3.59. The van der Waals surface area contributed by atoms with Crippen molar-refractivity contribution in [3.8, 4) is 11.5 Å². The van der Waals surface area contributed by atoms with Crippen LogP contribution in [0.3, 0.4) is 0 Å². The summed E-state index contributed by atoms with van der Waals surface area (Å²) in [5.41, 5.74) is 4.22. The van der Waals surface area contributed by atoms with Crippen LogP contribution in [0, 0.1) is 0 Å². The van der Waals surface area contributed by atoms with Crippen LogP contribution in [0.2, 0.25) is 0 Å². The first-order chi connectivity index (χ1) is 16.0. The molecule has 3 rings (SSSR count). The van der Waals surface area contributed by atoms with Crippen LogP contribution >= 0.6 is 0 Å². The van der Waals surface area contributed by atoms with E-state index < -0.39 is 0 Å². The first kappa shape index (κ1) is 25.3. The normalized spacial score (nSPS) is 12.4. The van der Waals surface area contributed by atoms with Crippen molar-refractivity contribution >= 4 is 24.3 Å². The van der Waals surface area contributed by atoms with Gasteiger partial charge in [0.05, 0.1) is 0 Å². The molecule has 1 heterocycles. The molecule has 3 heteroatoms. The number of hydrogen-bond donors (Lipinski definition) is 0. The Balaban J connectivity index is 1.75. The average molecular weight is 457 g/mol. The van der Waals surface area contributed by atoms with Gasteiger partial charge in [0.2, 0.25) is 11.4 Å². The molecule has 0 amide bonds. The van der Waals surface area contributed by atoms with Crippen LogP contribution in [0.4, 0.5) is 0 Å². The average Bonchev–Trinajstić information content (AvgIpc) is 2.76. The van der Waals surface area contributed by atoms with E-state index in [1.54, 1.807) is 0 Å². The highest BCUT2D eigenvalue weighted by Gasteiger charge is 2.13. The SMILES string of the molecule is CC[n+]1c(/C=C/c2ccc(OC(C)(C)C)cc2)cccc1/C=C/c1ccc(OC(C)(C)C)cc1. The standard InChI is InChI=1S/C31H38NO2/c1-8-32-26(18-12-24-14-20-28(21-15-24)33-30(2,3)4)10-9-11-27(32)19-13-25-16-22-29(23-17-25)34-31(5,6)7/h9-23H,8H2,1-7H3/q+1/b18-12+,19-13+. The molecule has 34 heavy (non-hydrogen) atoms. The van der Waals surface area contributed by atoms with Crippen molar-refractivity contribution in [2.24, 2.45) is 0 Å². The lowest BCUT2D eigenvalue weighted by molar-refractivity contribution is -0.696. The second kappa shape index (κ2) is 10.7. The smallest absolute Gasteiger partial charge is 0.205 e. The van der Waals surface area contributed by atoms with Gasteiger partial charge in [0.1, 0.15) is 29.2 Å². The molecule has 0 saturated heterocycles. The van der Waals surface area contributed by atoms with Gasteiger partial charge < -0.3 is 9.47 Å². The van der Waals surface area contributed by atoms with Gasteiger partial charge in [-0.2, -0.15) is 4.57 Å². The molecular weight excluding hydrogens is 418 g/mol. The molecule has 0 spiro atoms. The molecule has 3 aromatic rings. The number of pyridine rings is 1. The number of nitrogens with zero attached hydrogens (tertiary/aromatic N) is 1. The highest BCUT2D eigenvalue weighted by Crippen LogP contribution is 2.21. The molecule has 0 fully saturated rings. The van der Waals surface area contributed by atoms with E-state index in [4.69, 9.17) is 9.47 Å². The zero-order chi connectivity index (χ0) is 24.8. The van der Waals surface area contributed by atoms with Crippen molar-refractivity contribution in [3.05, 3.63) is 89.2 Å². The van der Waals surface area contributed by atoms with Gasteiger partial charge in [-0.05, 0) is 102 Å². The van der Waals surface area contributed by atoms with E-state index in [1.807, 2.05) is 24.3 Å². The van der Waals surface area contributed by atoms with Gasteiger partial charge in [-0.15, -0.1) is 0 Å². The fourth-order valence-corrected chi connectivity index (χ4v) is 3.59. The molecule has 0 atom stereocenters. The maximum atomic E-state index is 5.92. The van der Waals surface area contributed by atoms with E-state index in [-0.39, 0.29) is 11.2 Å². The second-order valence-electron chi connectivity index (χ2n) is 10.4. The fraction of sp³-hybridized carbons (Fsp3) is 0.323. The summed E-state index contributed by atoms with van der Waals surface area (Å²) >= 11 is 0. The van der Waals surface area contributed by atoms with Gasteiger partial charge in [-0.25, -0.2) is 0 Å². The summed E-state index contributed by atoms with van der Waals surface area (Å²) in [6.07, 6.45) is 8.62. The zero-order valence-electron chi connectivity index (χ0n) is 21.6. The summed E-state index contributed by atoms with van der Waals surface area (Å²) in [7, 11) is 0. The Morgan fingerprint density at radius 3 is 1.29 bits per heavy atom. The van der Waals surface area contributed by atoms with Gasteiger partial charge in [0.25, 0.3) is 0 Å². The predicted molar refractivity (Wildman–Crippen MR) is 144 cm³/mol. The minimum absolute atomic E-state index is 0.194. The topological polar surface area (TPSA) is 22.3 Å². The van der Waals surface area contributed by atoms with E-state index in [2.05, 4.69) is 120 Å². The minimum atomic E-state index is -0.194. The Kier molecular flexibility index (Phi) is 7.98. The van der Waals surface area contributed by atoms with Crippen molar-refractivity contribution in [2.45, 2.75) is 66.2 Å². The van der Waals surface area contributed by atoms with E-state index in [9.17, 15) is 0 Å². The van der Waals surface area contributed by atoms with E-state index in [0.717, 1.165) is 40.6 Å². The van der Waals surface area contributed by atoms with Crippen molar-refractivity contribution in [1.82, 2.24) is 0 Å². The molecule has 178 valence electrons. The number of aromatic nitrogens is 1. The molecule has 0 unspecified atom stereocenters. The summed E-state index contributed by atoms with van der Waals surface area (Å²) in [6, 6.07) is 22.8. The van der Waals surface area contributed by atoms with Crippen LogP contribution in [0.1, 0.15) is 71.0 Å². The van der Waals surface area contributed by atoms with Crippen molar-refractivity contribution in [2.75, 3.05) is 0 Å². The van der Waals surface area contributed by atoms with Crippen LogP contribution in [0.5, 0.6) is 11.5 Å². The molecule has 2 aromatic carbocycles.